The molecule has 4 rings (SSSR count). The third kappa shape index (κ3) is 3.04. The summed E-state index contributed by atoms with van der Waals surface area (Å²) in [6.45, 7) is 0. The Bertz CT molecular complexity index is 787. The highest BCUT2D eigenvalue weighted by Gasteiger charge is 2.22. The van der Waals surface area contributed by atoms with Gasteiger partial charge in [0.15, 0.2) is 0 Å². The first-order valence-corrected chi connectivity index (χ1v) is 8.92. The molecule has 0 bridgehead atoms. The normalized spacial score (nSPS) is 22.8. The van der Waals surface area contributed by atoms with E-state index in [-0.39, 0.29) is 6.04 Å². The van der Waals surface area contributed by atoms with Crippen LogP contribution in [0.2, 0.25) is 5.02 Å². The largest absolute Gasteiger partial charge is 0.351 e. The molecule has 3 N–H and O–H groups in total. The van der Waals surface area contributed by atoms with Crippen molar-refractivity contribution in [1.82, 2.24) is 9.97 Å². The lowest BCUT2D eigenvalue weighted by molar-refractivity contribution is 0.408. The molecular weight excluding hydrogens is 320 g/mol. The fourth-order valence-electron chi connectivity index (χ4n) is 3.67. The topological polar surface area (TPSA) is 63.8 Å². The van der Waals surface area contributed by atoms with Crippen LogP contribution in [-0.2, 0) is 6.42 Å². The number of allylic oxidation sites excluding steroid dienone is 1. The monoisotopic (exact) mass is 340 g/mol. The van der Waals surface area contributed by atoms with E-state index in [1.165, 1.54) is 11.1 Å². The first-order valence-electron chi connectivity index (χ1n) is 8.54. The molecule has 1 fully saturated rings. The number of benzene rings is 1. The third-order valence-electron chi connectivity index (χ3n) is 4.88. The van der Waals surface area contributed by atoms with E-state index in [1.807, 2.05) is 0 Å². The van der Waals surface area contributed by atoms with Gasteiger partial charge in [-0.15, -0.1) is 0 Å². The van der Waals surface area contributed by atoms with Crippen LogP contribution in [0.5, 0.6) is 0 Å². The standard InChI is InChI=1S/C19H21ClN4/c20-17-11-22-19(23-14-6-3-5-13(21)10-14)24-18(17)16-9-8-12-4-1-2-7-15(12)16/h1-2,4,7,9,11,13-14H,3,5-6,8,10,21H2,(H,22,23,24)/t13?,14-/m1/s1. The minimum Gasteiger partial charge on any atom is -0.351 e. The summed E-state index contributed by atoms with van der Waals surface area (Å²) >= 11 is 6.40. The van der Waals surface area contributed by atoms with Gasteiger partial charge < -0.3 is 11.1 Å². The van der Waals surface area contributed by atoms with Gasteiger partial charge in [0, 0.05) is 17.7 Å². The van der Waals surface area contributed by atoms with Crippen molar-refractivity contribution in [3.05, 3.63) is 58.4 Å². The molecule has 1 saturated carbocycles. The van der Waals surface area contributed by atoms with Crippen molar-refractivity contribution in [3.63, 3.8) is 0 Å². The van der Waals surface area contributed by atoms with Crippen molar-refractivity contribution in [1.29, 1.82) is 0 Å². The van der Waals surface area contributed by atoms with Crippen molar-refractivity contribution in [3.8, 4) is 0 Å². The van der Waals surface area contributed by atoms with E-state index in [1.54, 1.807) is 6.20 Å². The second kappa shape index (κ2) is 6.54. The van der Waals surface area contributed by atoms with E-state index in [2.05, 4.69) is 40.6 Å². The number of nitrogens with zero attached hydrogens (tertiary/aromatic N) is 2. The van der Waals surface area contributed by atoms with Crippen molar-refractivity contribution >= 4 is 23.1 Å². The molecule has 1 unspecified atom stereocenters. The Morgan fingerprint density at radius 2 is 2.08 bits per heavy atom. The zero-order valence-electron chi connectivity index (χ0n) is 13.5. The number of anilines is 1. The molecule has 0 spiro atoms. The molecule has 0 amide bonds. The zero-order valence-corrected chi connectivity index (χ0v) is 14.3. The fourth-order valence-corrected chi connectivity index (χ4v) is 3.87. The quantitative estimate of drug-likeness (QED) is 0.892. The summed E-state index contributed by atoms with van der Waals surface area (Å²) in [5.74, 6) is 0.638. The second-order valence-corrected chi connectivity index (χ2v) is 7.04. The SMILES string of the molecule is NC1CCC[C@@H](Nc2ncc(Cl)c(C3=CCc4ccccc43)n2)C1. The Kier molecular flexibility index (Phi) is 4.25. The molecule has 2 aliphatic carbocycles. The first kappa shape index (κ1) is 15.6. The molecule has 4 nitrogen and oxygen atoms in total. The van der Waals surface area contributed by atoms with E-state index in [0.717, 1.165) is 43.4 Å². The highest BCUT2D eigenvalue weighted by Crippen LogP contribution is 2.35. The number of nitrogens with two attached hydrogens (primary N) is 1. The summed E-state index contributed by atoms with van der Waals surface area (Å²) in [5.41, 5.74) is 10.5. The van der Waals surface area contributed by atoms with Crippen molar-refractivity contribution in [2.75, 3.05) is 5.32 Å². The highest BCUT2D eigenvalue weighted by molar-refractivity contribution is 6.32. The van der Waals surface area contributed by atoms with Crippen LogP contribution in [0.25, 0.3) is 5.57 Å². The maximum Gasteiger partial charge on any atom is 0.223 e. The van der Waals surface area contributed by atoms with Crippen LogP contribution in [0.3, 0.4) is 0 Å². The molecule has 2 atom stereocenters. The van der Waals surface area contributed by atoms with Crippen LogP contribution in [0.15, 0.2) is 36.5 Å². The molecule has 0 radical (unpaired) electrons. The molecular formula is C19H21ClN4. The molecule has 0 saturated heterocycles. The van der Waals surface area contributed by atoms with E-state index in [0.29, 0.717) is 17.0 Å². The average Bonchev–Trinajstić information content (AvgIpc) is 3.01. The van der Waals surface area contributed by atoms with E-state index in [9.17, 15) is 0 Å². The summed E-state index contributed by atoms with van der Waals surface area (Å²) in [6.07, 6.45) is 9.14. The number of hydrogen-bond donors (Lipinski definition) is 2. The molecule has 5 heteroatoms. The lowest BCUT2D eigenvalue weighted by Crippen LogP contribution is -2.35. The molecule has 2 aromatic rings. The lowest BCUT2D eigenvalue weighted by atomic mass is 9.92. The van der Waals surface area contributed by atoms with Gasteiger partial charge >= 0.3 is 0 Å². The minimum absolute atomic E-state index is 0.271. The zero-order chi connectivity index (χ0) is 16.5. The maximum absolute atomic E-state index is 6.40. The van der Waals surface area contributed by atoms with Crippen LogP contribution < -0.4 is 11.1 Å². The lowest BCUT2D eigenvalue weighted by Gasteiger charge is -2.27. The number of rotatable bonds is 3. The van der Waals surface area contributed by atoms with Gasteiger partial charge in [-0.1, -0.05) is 41.9 Å². The molecule has 124 valence electrons. The Balaban J connectivity index is 1.61. The van der Waals surface area contributed by atoms with Crippen LogP contribution in [0.4, 0.5) is 5.95 Å². The Hall–Kier alpha value is -1.91. The fraction of sp³-hybridized carbons (Fsp3) is 0.368. The second-order valence-electron chi connectivity index (χ2n) is 6.64. The number of fused-ring (bicyclic) bond motifs is 1. The van der Waals surface area contributed by atoms with Gasteiger partial charge in [-0.3, -0.25) is 0 Å². The summed E-state index contributed by atoms with van der Waals surface area (Å²) < 4.78 is 0. The first-order chi connectivity index (χ1) is 11.7. The highest BCUT2D eigenvalue weighted by atomic mass is 35.5. The van der Waals surface area contributed by atoms with Crippen LogP contribution >= 0.6 is 11.6 Å². The maximum atomic E-state index is 6.40. The van der Waals surface area contributed by atoms with Gasteiger partial charge in [0.05, 0.1) is 16.9 Å². The predicted molar refractivity (Wildman–Crippen MR) is 98.1 cm³/mol. The van der Waals surface area contributed by atoms with Crippen LogP contribution in [0.1, 0.15) is 42.5 Å². The van der Waals surface area contributed by atoms with Gasteiger partial charge in [0.1, 0.15) is 0 Å². The third-order valence-corrected chi connectivity index (χ3v) is 5.16. The number of aromatic nitrogens is 2. The Morgan fingerprint density at radius 3 is 2.96 bits per heavy atom. The Morgan fingerprint density at radius 1 is 1.21 bits per heavy atom. The minimum atomic E-state index is 0.271. The predicted octanol–water partition coefficient (Wildman–Crippen LogP) is 3.80. The molecule has 0 aliphatic heterocycles. The van der Waals surface area contributed by atoms with Gasteiger partial charge in [-0.2, -0.15) is 0 Å². The molecule has 1 heterocycles. The smallest absolute Gasteiger partial charge is 0.223 e. The van der Waals surface area contributed by atoms with Crippen molar-refractivity contribution < 1.29 is 0 Å². The molecule has 24 heavy (non-hydrogen) atoms. The van der Waals surface area contributed by atoms with Gasteiger partial charge in [-0.05, 0) is 43.2 Å². The van der Waals surface area contributed by atoms with E-state index >= 15 is 0 Å². The van der Waals surface area contributed by atoms with Crippen molar-refractivity contribution in [2.45, 2.75) is 44.2 Å². The van der Waals surface area contributed by atoms with E-state index < -0.39 is 0 Å². The van der Waals surface area contributed by atoms with Crippen molar-refractivity contribution in [2.24, 2.45) is 5.73 Å². The van der Waals surface area contributed by atoms with Crippen LogP contribution in [-0.4, -0.2) is 22.1 Å². The summed E-state index contributed by atoms with van der Waals surface area (Å²) in [6, 6.07) is 9.00. The van der Waals surface area contributed by atoms with E-state index in [4.69, 9.17) is 22.3 Å². The number of nitrogens with one attached hydrogen (secondary N) is 1. The molecule has 1 aromatic heterocycles. The van der Waals surface area contributed by atoms with Crippen LogP contribution in [0, 0.1) is 0 Å². The summed E-state index contributed by atoms with van der Waals surface area (Å²) in [7, 11) is 0. The molecule has 1 aromatic carbocycles. The Labute approximate surface area is 147 Å². The summed E-state index contributed by atoms with van der Waals surface area (Å²) in [5, 5.41) is 4.03. The van der Waals surface area contributed by atoms with Gasteiger partial charge in [-0.25, -0.2) is 9.97 Å². The average molecular weight is 341 g/mol. The van der Waals surface area contributed by atoms with Gasteiger partial charge in [0.2, 0.25) is 5.95 Å². The van der Waals surface area contributed by atoms with Gasteiger partial charge in [0.25, 0.3) is 0 Å². The molecule has 2 aliphatic rings. The summed E-state index contributed by atoms with van der Waals surface area (Å²) in [4.78, 5) is 9.07. The number of hydrogen-bond acceptors (Lipinski definition) is 4. The number of halogens is 1.